The minimum absolute atomic E-state index is 0.0304. The van der Waals surface area contributed by atoms with E-state index in [4.69, 9.17) is 4.42 Å². The first-order valence-corrected chi connectivity index (χ1v) is 11.6. The van der Waals surface area contributed by atoms with Crippen LogP contribution in [0.15, 0.2) is 65.1 Å². The smallest absolute Gasteiger partial charge is 0.287 e. The SMILES string of the molecule is Cc1ccc(C(=O)NC2CCN(C(=O)c3cccc(CN4C(=O)c5ccccc5C4=O)c3)CC2)o1. The third-order valence-electron chi connectivity index (χ3n) is 6.47. The molecule has 1 saturated heterocycles. The van der Waals surface area contributed by atoms with Crippen LogP contribution < -0.4 is 5.32 Å². The van der Waals surface area contributed by atoms with Crippen molar-refractivity contribution in [3.63, 3.8) is 0 Å². The molecular weight excluding hydrogens is 446 g/mol. The average Bonchev–Trinajstić information content (AvgIpc) is 3.42. The quantitative estimate of drug-likeness (QED) is 0.575. The maximum atomic E-state index is 13.1. The Bertz CT molecular complexity index is 1280. The molecule has 1 fully saturated rings. The Hall–Kier alpha value is -4.20. The molecule has 2 aromatic carbocycles. The fourth-order valence-corrected chi connectivity index (χ4v) is 4.59. The van der Waals surface area contributed by atoms with Gasteiger partial charge < -0.3 is 14.6 Å². The third-order valence-corrected chi connectivity index (χ3v) is 6.47. The summed E-state index contributed by atoms with van der Waals surface area (Å²) in [6, 6.07) is 17.2. The van der Waals surface area contributed by atoms with Crippen LogP contribution >= 0.6 is 0 Å². The second kappa shape index (κ2) is 9.21. The van der Waals surface area contributed by atoms with Gasteiger partial charge in [0.15, 0.2) is 5.76 Å². The molecule has 0 bridgehead atoms. The fourth-order valence-electron chi connectivity index (χ4n) is 4.59. The van der Waals surface area contributed by atoms with Gasteiger partial charge in [-0.05, 0) is 61.7 Å². The summed E-state index contributed by atoms with van der Waals surface area (Å²) < 4.78 is 5.37. The molecule has 2 aliphatic rings. The molecule has 0 atom stereocenters. The van der Waals surface area contributed by atoms with Gasteiger partial charge in [-0.3, -0.25) is 24.1 Å². The molecular formula is C27H25N3O5. The van der Waals surface area contributed by atoms with Gasteiger partial charge in [0.25, 0.3) is 23.6 Å². The van der Waals surface area contributed by atoms with Crippen molar-refractivity contribution in [2.75, 3.05) is 13.1 Å². The van der Waals surface area contributed by atoms with Gasteiger partial charge in [0.2, 0.25) is 0 Å². The Kier molecular flexibility index (Phi) is 5.94. The number of fused-ring (bicyclic) bond motifs is 1. The number of hydrogen-bond acceptors (Lipinski definition) is 5. The summed E-state index contributed by atoms with van der Waals surface area (Å²) in [5.41, 5.74) is 2.03. The summed E-state index contributed by atoms with van der Waals surface area (Å²) in [7, 11) is 0. The van der Waals surface area contributed by atoms with Gasteiger partial charge in [0, 0.05) is 24.7 Å². The third kappa shape index (κ3) is 4.47. The molecule has 8 nitrogen and oxygen atoms in total. The Morgan fingerprint density at radius 2 is 1.63 bits per heavy atom. The maximum Gasteiger partial charge on any atom is 0.287 e. The van der Waals surface area contributed by atoms with Crippen LogP contribution in [0.5, 0.6) is 0 Å². The van der Waals surface area contributed by atoms with Crippen LogP contribution in [0.3, 0.4) is 0 Å². The number of imide groups is 1. The fraction of sp³-hybridized carbons (Fsp3) is 0.259. The molecule has 8 heteroatoms. The highest BCUT2D eigenvalue weighted by Crippen LogP contribution is 2.25. The zero-order chi connectivity index (χ0) is 24.5. The molecule has 1 aromatic heterocycles. The second-order valence-corrected chi connectivity index (χ2v) is 8.89. The Morgan fingerprint density at radius 3 is 2.26 bits per heavy atom. The number of likely N-dealkylation sites (tertiary alicyclic amines) is 1. The zero-order valence-electron chi connectivity index (χ0n) is 19.3. The number of hydrogen-bond donors (Lipinski definition) is 1. The second-order valence-electron chi connectivity index (χ2n) is 8.89. The van der Waals surface area contributed by atoms with E-state index in [9.17, 15) is 19.2 Å². The van der Waals surface area contributed by atoms with Gasteiger partial charge >= 0.3 is 0 Å². The van der Waals surface area contributed by atoms with E-state index in [0.717, 1.165) is 0 Å². The Morgan fingerprint density at radius 1 is 0.943 bits per heavy atom. The first kappa shape index (κ1) is 22.6. The molecule has 1 N–H and O–H groups in total. The Balaban J connectivity index is 1.19. The molecule has 35 heavy (non-hydrogen) atoms. The van der Waals surface area contributed by atoms with Gasteiger partial charge in [-0.2, -0.15) is 0 Å². The Labute approximate surface area is 202 Å². The summed E-state index contributed by atoms with van der Waals surface area (Å²) in [6.07, 6.45) is 1.29. The summed E-state index contributed by atoms with van der Waals surface area (Å²) >= 11 is 0. The first-order valence-electron chi connectivity index (χ1n) is 11.6. The highest BCUT2D eigenvalue weighted by Gasteiger charge is 2.35. The van der Waals surface area contributed by atoms with Gasteiger partial charge in [0.05, 0.1) is 17.7 Å². The number of carbonyl (C=O) groups excluding carboxylic acids is 4. The number of aryl methyl sites for hydroxylation is 1. The lowest BCUT2D eigenvalue weighted by Gasteiger charge is -2.32. The molecule has 0 spiro atoms. The predicted molar refractivity (Wildman–Crippen MR) is 127 cm³/mol. The molecule has 0 radical (unpaired) electrons. The van der Waals surface area contributed by atoms with E-state index in [-0.39, 0.29) is 42.0 Å². The van der Waals surface area contributed by atoms with Crippen molar-refractivity contribution in [3.8, 4) is 0 Å². The van der Waals surface area contributed by atoms with Crippen molar-refractivity contribution < 1.29 is 23.6 Å². The standard InChI is InChI=1S/C27H25N3O5/c1-17-9-10-23(35-17)24(31)28-20-11-13-29(14-12-20)25(32)19-6-4-5-18(15-19)16-30-26(33)21-7-2-3-8-22(21)27(30)34/h2-10,15,20H,11-14,16H2,1H3,(H,28,31). The van der Waals surface area contributed by atoms with E-state index < -0.39 is 0 Å². The monoisotopic (exact) mass is 471 g/mol. The van der Waals surface area contributed by atoms with E-state index in [1.807, 2.05) is 0 Å². The zero-order valence-corrected chi connectivity index (χ0v) is 19.3. The summed E-state index contributed by atoms with van der Waals surface area (Å²) in [4.78, 5) is 53.8. The van der Waals surface area contributed by atoms with Crippen molar-refractivity contribution in [2.45, 2.75) is 32.4 Å². The normalized spacial score (nSPS) is 15.9. The largest absolute Gasteiger partial charge is 0.456 e. The highest BCUT2D eigenvalue weighted by atomic mass is 16.3. The van der Waals surface area contributed by atoms with E-state index in [1.165, 1.54) is 4.90 Å². The van der Waals surface area contributed by atoms with Gasteiger partial charge in [-0.15, -0.1) is 0 Å². The van der Waals surface area contributed by atoms with E-state index in [1.54, 1.807) is 72.5 Å². The lowest BCUT2D eigenvalue weighted by atomic mass is 10.0. The summed E-state index contributed by atoms with van der Waals surface area (Å²) in [5, 5.41) is 2.97. The van der Waals surface area contributed by atoms with Crippen LogP contribution in [0.25, 0.3) is 0 Å². The minimum atomic E-state index is -0.323. The van der Waals surface area contributed by atoms with Crippen LogP contribution in [0, 0.1) is 6.92 Å². The van der Waals surface area contributed by atoms with Gasteiger partial charge in [-0.1, -0.05) is 24.3 Å². The molecule has 5 rings (SSSR count). The molecule has 178 valence electrons. The number of rotatable bonds is 5. The molecule has 0 saturated carbocycles. The van der Waals surface area contributed by atoms with Gasteiger partial charge in [0.1, 0.15) is 5.76 Å². The molecule has 3 aromatic rings. The van der Waals surface area contributed by atoms with Crippen LogP contribution in [-0.2, 0) is 6.54 Å². The lowest BCUT2D eigenvalue weighted by molar-refractivity contribution is 0.0641. The van der Waals surface area contributed by atoms with Crippen molar-refractivity contribution in [2.24, 2.45) is 0 Å². The number of carbonyl (C=O) groups is 4. The number of furan rings is 1. The van der Waals surface area contributed by atoms with Gasteiger partial charge in [-0.25, -0.2) is 0 Å². The van der Waals surface area contributed by atoms with Crippen LogP contribution in [-0.4, -0.2) is 52.6 Å². The van der Waals surface area contributed by atoms with Crippen LogP contribution in [0.2, 0.25) is 0 Å². The van der Waals surface area contributed by atoms with Crippen molar-refractivity contribution in [1.29, 1.82) is 0 Å². The van der Waals surface area contributed by atoms with E-state index in [2.05, 4.69) is 5.32 Å². The van der Waals surface area contributed by atoms with E-state index >= 15 is 0 Å². The average molecular weight is 472 g/mol. The predicted octanol–water partition coefficient (Wildman–Crippen LogP) is 3.42. The number of benzene rings is 2. The number of piperidine rings is 1. The van der Waals surface area contributed by atoms with Crippen molar-refractivity contribution >= 4 is 23.6 Å². The maximum absolute atomic E-state index is 13.1. The van der Waals surface area contributed by atoms with E-state index in [0.29, 0.717) is 53.9 Å². The topological polar surface area (TPSA) is 99.9 Å². The number of nitrogens with zero attached hydrogens (tertiary/aromatic N) is 2. The number of nitrogens with one attached hydrogen (secondary N) is 1. The minimum Gasteiger partial charge on any atom is -0.456 e. The summed E-state index contributed by atoms with van der Waals surface area (Å²) in [6.45, 7) is 2.93. The van der Waals surface area contributed by atoms with Crippen LogP contribution in [0.4, 0.5) is 0 Å². The molecule has 0 aliphatic carbocycles. The van der Waals surface area contributed by atoms with Crippen LogP contribution in [0.1, 0.15) is 65.8 Å². The molecule has 3 heterocycles. The highest BCUT2D eigenvalue weighted by molar-refractivity contribution is 6.21. The lowest BCUT2D eigenvalue weighted by Crippen LogP contribution is -2.46. The summed E-state index contributed by atoms with van der Waals surface area (Å²) in [5.74, 6) is -0.0339. The molecule has 2 aliphatic heterocycles. The molecule has 0 unspecified atom stereocenters. The molecule has 4 amide bonds. The van der Waals surface area contributed by atoms with Crippen molar-refractivity contribution in [1.82, 2.24) is 15.1 Å². The van der Waals surface area contributed by atoms with Crippen molar-refractivity contribution in [3.05, 3.63) is 94.4 Å². The first-order chi connectivity index (χ1) is 16.9. The number of amides is 4.